The second-order valence-electron chi connectivity index (χ2n) is 8.50. The van der Waals surface area contributed by atoms with Crippen LogP contribution < -0.4 is 16.2 Å². The highest BCUT2D eigenvalue weighted by Gasteiger charge is 2.21. The maximum atomic E-state index is 13.2. The topological polar surface area (TPSA) is 119 Å². The van der Waals surface area contributed by atoms with Gasteiger partial charge in [0, 0.05) is 5.69 Å². The number of nitrogens with zero attached hydrogens (tertiary/aromatic N) is 2. The molecule has 0 aliphatic carbocycles. The molecule has 0 saturated carbocycles. The smallest absolute Gasteiger partial charge is 0.340 e. The predicted molar refractivity (Wildman–Crippen MR) is 144 cm³/mol. The van der Waals surface area contributed by atoms with E-state index in [9.17, 15) is 19.2 Å². The highest BCUT2D eigenvalue weighted by molar-refractivity contribution is 7.20. The Morgan fingerprint density at radius 3 is 2.51 bits per heavy atom. The van der Waals surface area contributed by atoms with Gasteiger partial charge in [0.2, 0.25) is 5.91 Å². The minimum Gasteiger partial charge on any atom is -0.462 e. The zero-order valence-electron chi connectivity index (χ0n) is 20.9. The van der Waals surface area contributed by atoms with Gasteiger partial charge < -0.3 is 15.4 Å². The molecule has 37 heavy (non-hydrogen) atoms. The van der Waals surface area contributed by atoms with Gasteiger partial charge in [-0.3, -0.25) is 19.0 Å². The maximum absolute atomic E-state index is 13.2. The van der Waals surface area contributed by atoms with Crippen molar-refractivity contribution in [3.8, 4) is 0 Å². The van der Waals surface area contributed by atoms with Crippen molar-refractivity contribution < 1.29 is 19.1 Å². The molecule has 2 aromatic heterocycles. The number of fused-ring (bicyclic) bond motifs is 1. The van der Waals surface area contributed by atoms with Crippen LogP contribution in [0, 0.1) is 20.8 Å². The summed E-state index contributed by atoms with van der Waals surface area (Å²) in [7, 11) is 0. The van der Waals surface area contributed by atoms with E-state index in [1.165, 1.54) is 10.9 Å². The Kier molecular flexibility index (Phi) is 7.49. The van der Waals surface area contributed by atoms with Crippen LogP contribution in [0.2, 0.25) is 0 Å². The Labute approximate surface area is 217 Å². The van der Waals surface area contributed by atoms with E-state index in [4.69, 9.17) is 4.74 Å². The number of rotatable bonds is 7. The maximum Gasteiger partial charge on any atom is 0.340 e. The molecular weight excluding hydrogens is 492 g/mol. The molecule has 0 aliphatic heterocycles. The first-order chi connectivity index (χ1) is 17.7. The number of thiophene rings is 1. The summed E-state index contributed by atoms with van der Waals surface area (Å²) < 4.78 is 6.21. The van der Waals surface area contributed by atoms with E-state index in [2.05, 4.69) is 15.6 Å². The van der Waals surface area contributed by atoms with Crippen LogP contribution in [-0.4, -0.2) is 33.9 Å². The molecule has 0 atom stereocenters. The van der Waals surface area contributed by atoms with Crippen LogP contribution >= 0.6 is 11.3 Å². The normalized spacial score (nSPS) is 10.8. The number of aryl methyl sites for hydroxylation is 3. The lowest BCUT2D eigenvalue weighted by atomic mass is 10.1. The van der Waals surface area contributed by atoms with Crippen molar-refractivity contribution in [2.45, 2.75) is 34.2 Å². The molecular formula is C27H26N4O5S. The Morgan fingerprint density at radius 1 is 1.03 bits per heavy atom. The van der Waals surface area contributed by atoms with Crippen LogP contribution in [0.4, 0.5) is 11.4 Å². The Balaban J connectivity index is 1.57. The number of benzene rings is 2. The second kappa shape index (κ2) is 10.8. The summed E-state index contributed by atoms with van der Waals surface area (Å²) in [5, 5.41) is 5.85. The number of nitrogens with one attached hydrogen (secondary N) is 2. The van der Waals surface area contributed by atoms with Gasteiger partial charge in [-0.15, -0.1) is 11.3 Å². The Bertz CT molecular complexity index is 1590. The summed E-state index contributed by atoms with van der Waals surface area (Å²) >= 11 is 1.13. The van der Waals surface area contributed by atoms with Crippen molar-refractivity contribution in [2.24, 2.45) is 0 Å². The zero-order chi connectivity index (χ0) is 26.7. The number of carbonyl (C=O) groups excluding carboxylic acids is 3. The molecule has 2 aromatic carbocycles. The van der Waals surface area contributed by atoms with Gasteiger partial charge in [0.1, 0.15) is 11.4 Å². The first-order valence-corrected chi connectivity index (χ1v) is 12.4. The van der Waals surface area contributed by atoms with Crippen molar-refractivity contribution in [3.05, 3.63) is 86.3 Å². The average molecular weight is 519 g/mol. The van der Waals surface area contributed by atoms with Crippen molar-refractivity contribution >= 4 is 50.7 Å². The molecule has 2 heterocycles. The molecule has 2 N–H and O–H groups in total. The predicted octanol–water partition coefficient (Wildman–Crippen LogP) is 4.45. The average Bonchev–Trinajstić information content (AvgIpc) is 3.20. The zero-order valence-corrected chi connectivity index (χ0v) is 21.7. The van der Waals surface area contributed by atoms with E-state index < -0.39 is 17.4 Å². The summed E-state index contributed by atoms with van der Waals surface area (Å²) in [5.41, 5.74) is 3.28. The van der Waals surface area contributed by atoms with Gasteiger partial charge in [-0.05, 0) is 57.0 Å². The molecule has 0 unspecified atom stereocenters. The molecule has 10 heteroatoms. The number of amides is 2. The molecule has 0 saturated heterocycles. The van der Waals surface area contributed by atoms with E-state index in [0.29, 0.717) is 21.0 Å². The van der Waals surface area contributed by atoms with Gasteiger partial charge in [-0.2, -0.15) is 0 Å². The molecule has 190 valence electrons. The van der Waals surface area contributed by atoms with Gasteiger partial charge in [0.15, 0.2) is 0 Å². The van der Waals surface area contributed by atoms with E-state index in [1.807, 2.05) is 32.0 Å². The van der Waals surface area contributed by atoms with Crippen molar-refractivity contribution in [3.63, 3.8) is 0 Å². The van der Waals surface area contributed by atoms with Crippen LogP contribution in [0.1, 0.15) is 43.6 Å². The second-order valence-corrected chi connectivity index (χ2v) is 9.50. The Morgan fingerprint density at radius 2 is 1.78 bits per heavy atom. The summed E-state index contributed by atoms with van der Waals surface area (Å²) in [6, 6.07) is 12.2. The van der Waals surface area contributed by atoms with Gasteiger partial charge in [-0.1, -0.05) is 29.8 Å². The van der Waals surface area contributed by atoms with Crippen LogP contribution in [-0.2, 0) is 16.1 Å². The number of aromatic nitrogens is 2. The lowest BCUT2D eigenvalue weighted by molar-refractivity contribution is -0.116. The monoisotopic (exact) mass is 518 g/mol. The quantitative estimate of drug-likeness (QED) is 0.349. The van der Waals surface area contributed by atoms with Crippen molar-refractivity contribution in [1.29, 1.82) is 0 Å². The molecule has 0 bridgehead atoms. The first kappa shape index (κ1) is 25.8. The number of hydrogen-bond donors (Lipinski definition) is 2. The fraction of sp³-hybridized carbons (Fsp3) is 0.222. The molecule has 9 nitrogen and oxygen atoms in total. The third kappa shape index (κ3) is 5.44. The SMILES string of the molecule is CCOC(=O)c1ccccc1NC(=O)Cn1cnc2sc(C(=O)Nc3ccc(C)cc3C)c(C)c2c1=O. The summed E-state index contributed by atoms with van der Waals surface area (Å²) in [5.74, 6) is -1.40. The highest BCUT2D eigenvalue weighted by Crippen LogP contribution is 2.28. The summed E-state index contributed by atoms with van der Waals surface area (Å²) in [6.07, 6.45) is 1.28. The van der Waals surface area contributed by atoms with Crippen LogP contribution in [0.15, 0.2) is 53.6 Å². The van der Waals surface area contributed by atoms with Crippen LogP contribution in [0.25, 0.3) is 10.2 Å². The first-order valence-electron chi connectivity index (χ1n) is 11.6. The Hall–Kier alpha value is -4.31. The molecule has 0 aliphatic rings. The van der Waals surface area contributed by atoms with Crippen molar-refractivity contribution in [2.75, 3.05) is 17.2 Å². The third-order valence-electron chi connectivity index (χ3n) is 5.76. The van der Waals surface area contributed by atoms with Gasteiger partial charge in [0.05, 0.1) is 34.4 Å². The number of para-hydroxylation sites is 1. The highest BCUT2D eigenvalue weighted by atomic mass is 32.1. The third-order valence-corrected chi connectivity index (χ3v) is 6.96. The van der Waals surface area contributed by atoms with Gasteiger partial charge in [-0.25, -0.2) is 9.78 Å². The van der Waals surface area contributed by atoms with Gasteiger partial charge in [0.25, 0.3) is 11.5 Å². The number of carbonyl (C=O) groups is 3. The lowest BCUT2D eigenvalue weighted by Crippen LogP contribution is -2.28. The fourth-order valence-corrected chi connectivity index (χ4v) is 4.98. The number of esters is 1. The minimum absolute atomic E-state index is 0.201. The van der Waals surface area contributed by atoms with Crippen LogP contribution in [0.3, 0.4) is 0 Å². The van der Waals surface area contributed by atoms with E-state index >= 15 is 0 Å². The standard InChI is InChI=1S/C27H26N4O5S/c1-5-36-27(35)18-8-6-7-9-20(18)29-21(32)13-31-14-28-25-22(26(31)34)17(4)23(37-25)24(33)30-19-11-10-15(2)12-16(19)3/h6-12,14H,5,13H2,1-4H3,(H,29,32)(H,30,33). The minimum atomic E-state index is -0.556. The van der Waals surface area contributed by atoms with Crippen molar-refractivity contribution in [1.82, 2.24) is 9.55 Å². The van der Waals surface area contributed by atoms with Crippen LogP contribution in [0.5, 0.6) is 0 Å². The number of ether oxygens (including phenoxy) is 1. The summed E-state index contributed by atoms with van der Waals surface area (Å²) in [4.78, 5) is 56.3. The van der Waals surface area contributed by atoms with E-state index in [1.54, 1.807) is 38.1 Å². The number of anilines is 2. The molecule has 2 amide bonds. The number of hydrogen-bond acceptors (Lipinski definition) is 7. The van der Waals surface area contributed by atoms with E-state index in [-0.39, 0.29) is 35.7 Å². The molecule has 0 spiro atoms. The fourth-order valence-electron chi connectivity index (χ4n) is 3.94. The van der Waals surface area contributed by atoms with Gasteiger partial charge >= 0.3 is 5.97 Å². The largest absolute Gasteiger partial charge is 0.462 e. The molecule has 4 aromatic rings. The lowest BCUT2D eigenvalue weighted by Gasteiger charge is -2.11. The summed E-state index contributed by atoms with van der Waals surface area (Å²) in [6.45, 7) is 7.16. The molecule has 0 fully saturated rings. The molecule has 4 rings (SSSR count). The molecule has 0 radical (unpaired) electrons. The van der Waals surface area contributed by atoms with E-state index in [0.717, 1.165) is 22.5 Å².